The van der Waals surface area contributed by atoms with Crippen LogP contribution in [0, 0.1) is 6.92 Å². The minimum atomic E-state index is 0.0708. The lowest BCUT2D eigenvalue weighted by Gasteiger charge is -2.03. The van der Waals surface area contributed by atoms with Crippen molar-refractivity contribution in [2.24, 2.45) is 0 Å². The average Bonchev–Trinajstić information content (AvgIpc) is 2.92. The molecule has 0 fully saturated rings. The summed E-state index contributed by atoms with van der Waals surface area (Å²) >= 11 is 7.91. The maximum atomic E-state index is 9.15. The lowest BCUT2D eigenvalue weighted by molar-refractivity contribution is 0.282. The SMILES string of the molecule is Cc1nc2sc3cc(-c4ccc(CO)cc4)ccc3c2cc1Cl. The summed E-state index contributed by atoms with van der Waals surface area (Å²) in [5.41, 5.74) is 4.09. The molecular formula is C19H14ClNOS. The number of aryl methyl sites for hydroxylation is 1. The second-order valence-corrected chi connectivity index (χ2v) is 7.01. The van der Waals surface area contributed by atoms with Crippen LogP contribution in [0.3, 0.4) is 0 Å². The zero-order chi connectivity index (χ0) is 16.0. The van der Waals surface area contributed by atoms with Crippen molar-refractivity contribution in [3.8, 4) is 11.1 Å². The Kier molecular flexibility index (Phi) is 3.57. The molecule has 0 unspecified atom stereocenters. The van der Waals surface area contributed by atoms with Crippen LogP contribution in [-0.4, -0.2) is 10.1 Å². The summed E-state index contributed by atoms with van der Waals surface area (Å²) in [6.45, 7) is 2.00. The van der Waals surface area contributed by atoms with E-state index in [2.05, 4.69) is 23.2 Å². The van der Waals surface area contributed by atoms with Gasteiger partial charge >= 0.3 is 0 Å². The molecule has 2 heterocycles. The predicted octanol–water partition coefficient (Wildman–Crippen LogP) is 5.57. The second-order valence-electron chi connectivity index (χ2n) is 5.58. The Labute approximate surface area is 143 Å². The zero-order valence-corrected chi connectivity index (χ0v) is 14.1. The van der Waals surface area contributed by atoms with Crippen LogP contribution in [0.5, 0.6) is 0 Å². The van der Waals surface area contributed by atoms with Gasteiger partial charge in [0.15, 0.2) is 0 Å². The number of hydrogen-bond acceptors (Lipinski definition) is 3. The number of aliphatic hydroxyl groups is 1. The summed E-state index contributed by atoms with van der Waals surface area (Å²) in [4.78, 5) is 5.62. The summed E-state index contributed by atoms with van der Waals surface area (Å²) in [6.07, 6.45) is 0. The van der Waals surface area contributed by atoms with Gasteiger partial charge in [0.1, 0.15) is 4.83 Å². The van der Waals surface area contributed by atoms with Gasteiger partial charge in [-0.1, -0.05) is 48.0 Å². The first-order valence-corrected chi connectivity index (χ1v) is 8.55. The summed E-state index contributed by atoms with van der Waals surface area (Å²) in [7, 11) is 0. The van der Waals surface area contributed by atoms with Gasteiger partial charge in [-0.05, 0) is 35.7 Å². The third-order valence-corrected chi connectivity index (χ3v) is 5.51. The lowest BCUT2D eigenvalue weighted by Crippen LogP contribution is -1.83. The molecule has 0 aliphatic heterocycles. The summed E-state index contributed by atoms with van der Waals surface area (Å²) in [5.74, 6) is 0. The van der Waals surface area contributed by atoms with Crippen LogP contribution in [-0.2, 0) is 6.61 Å². The van der Waals surface area contributed by atoms with Crippen molar-refractivity contribution >= 4 is 43.2 Å². The van der Waals surface area contributed by atoms with E-state index in [0.29, 0.717) is 5.02 Å². The Balaban J connectivity index is 1.88. The molecule has 2 aromatic carbocycles. The molecule has 0 saturated carbocycles. The largest absolute Gasteiger partial charge is 0.392 e. The fourth-order valence-corrected chi connectivity index (χ4v) is 4.04. The van der Waals surface area contributed by atoms with E-state index in [1.165, 1.54) is 10.1 Å². The molecule has 0 aliphatic rings. The van der Waals surface area contributed by atoms with Crippen molar-refractivity contribution in [3.05, 3.63) is 64.8 Å². The van der Waals surface area contributed by atoms with Crippen molar-refractivity contribution in [2.45, 2.75) is 13.5 Å². The van der Waals surface area contributed by atoms with Gasteiger partial charge in [-0.3, -0.25) is 0 Å². The van der Waals surface area contributed by atoms with Crippen LogP contribution in [0.4, 0.5) is 0 Å². The predicted molar refractivity (Wildman–Crippen MR) is 98.2 cm³/mol. The Bertz CT molecular complexity index is 1020. The van der Waals surface area contributed by atoms with Crippen molar-refractivity contribution in [1.82, 2.24) is 4.98 Å². The van der Waals surface area contributed by atoms with Gasteiger partial charge in [0.05, 0.1) is 17.3 Å². The maximum Gasteiger partial charge on any atom is 0.124 e. The molecular weight excluding hydrogens is 326 g/mol. The highest BCUT2D eigenvalue weighted by molar-refractivity contribution is 7.25. The van der Waals surface area contributed by atoms with Crippen molar-refractivity contribution in [2.75, 3.05) is 0 Å². The number of hydrogen-bond donors (Lipinski definition) is 1. The molecule has 23 heavy (non-hydrogen) atoms. The highest BCUT2D eigenvalue weighted by atomic mass is 35.5. The third kappa shape index (κ3) is 2.51. The van der Waals surface area contributed by atoms with Crippen molar-refractivity contribution in [1.29, 1.82) is 0 Å². The lowest BCUT2D eigenvalue weighted by atomic mass is 10.0. The monoisotopic (exact) mass is 339 g/mol. The molecule has 0 atom stereocenters. The van der Waals surface area contributed by atoms with Crippen molar-refractivity contribution < 1.29 is 5.11 Å². The van der Waals surface area contributed by atoms with E-state index >= 15 is 0 Å². The minimum absolute atomic E-state index is 0.0708. The number of halogens is 1. The zero-order valence-electron chi connectivity index (χ0n) is 12.5. The number of rotatable bonds is 2. The first-order chi connectivity index (χ1) is 11.2. The van der Waals surface area contributed by atoms with E-state index < -0.39 is 0 Å². The first kappa shape index (κ1) is 14.6. The molecule has 114 valence electrons. The fourth-order valence-electron chi connectivity index (χ4n) is 2.75. The van der Waals surface area contributed by atoms with Gasteiger partial charge < -0.3 is 5.11 Å². The Hall–Kier alpha value is -1.94. The third-order valence-electron chi connectivity index (χ3n) is 4.06. The van der Waals surface area contributed by atoms with E-state index in [1.807, 2.05) is 37.3 Å². The number of aliphatic hydroxyl groups excluding tert-OH is 1. The quantitative estimate of drug-likeness (QED) is 0.518. The van der Waals surface area contributed by atoms with E-state index in [-0.39, 0.29) is 6.61 Å². The molecule has 0 bridgehead atoms. The topological polar surface area (TPSA) is 33.1 Å². The van der Waals surface area contributed by atoms with Gasteiger partial charge in [-0.25, -0.2) is 4.98 Å². The summed E-state index contributed by atoms with van der Waals surface area (Å²) < 4.78 is 1.21. The minimum Gasteiger partial charge on any atom is -0.392 e. The van der Waals surface area contributed by atoms with E-state index in [1.54, 1.807) is 11.3 Å². The van der Waals surface area contributed by atoms with Gasteiger partial charge in [-0.2, -0.15) is 0 Å². The van der Waals surface area contributed by atoms with E-state index in [0.717, 1.165) is 32.6 Å². The normalized spacial score (nSPS) is 11.4. The van der Waals surface area contributed by atoms with Crippen LogP contribution >= 0.6 is 22.9 Å². The maximum absolute atomic E-state index is 9.15. The summed E-state index contributed by atoms with van der Waals surface area (Å²) in [6, 6.07) is 16.4. The van der Waals surface area contributed by atoms with Gasteiger partial charge in [0.2, 0.25) is 0 Å². The van der Waals surface area contributed by atoms with Crippen LogP contribution in [0.25, 0.3) is 31.4 Å². The number of pyridine rings is 1. The number of aromatic nitrogens is 1. The van der Waals surface area contributed by atoms with Gasteiger partial charge in [0.25, 0.3) is 0 Å². The number of fused-ring (bicyclic) bond motifs is 3. The molecule has 4 rings (SSSR count). The molecule has 0 amide bonds. The van der Waals surface area contributed by atoms with Crippen LogP contribution in [0.2, 0.25) is 5.02 Å². The Morgan fingerprint density at radius 2 is 1.74 bits per heavy atom. The molecule has 0 aliphatic carbocycles. The summed E-state index contributed by atoms with van der Waals surface area (Å²) in [5, 5.41) is 12.2. The Morgan fingerprint density at radius 3 is 2.48 bits per heavy atom. The fraction of sp³-hybridized carbons (Fsp3) is 0.105. The van der Waals surface area contributed by atoms with Crippen LogP contribution < -0.4 is 0 Å². The standard InChI is InChI=1S/C19H14ClNOS/c1-11-17(20)9-16-15-7-6-14(8-18(15)23-19(16)21-11)13-4-2-12(10-22)3-5-13/h2-9,22H,10H2,1H3. The molecule has 0 spiro atoms. The second kappa shape index (κ2) is 5.60. The Morgan fingerprint density at radius 1 is 1.00 bits per heavy atom. The number of benzene rings is 2. The number of thiophene rings is 1. The highest BCUT2D eigenvalue weighted by Gasteiger charge is 2.10. The average molecular weight is 340 g/mol. The van der Waals surface area contributed by atoms with Gasteiger partial charge in [-0.15, -0.1) is 11.3 Å². The molecule has 4 aromatic rings. The first-order valence-electron chi connectivity index (χ1n) is 7.35. The molecule has 2 nitrogen and oxygen atoms in total. The van der Waals surface area contributed by atoms with Gasteiger partial charge in [0, 0.05) is 15.5 Å². The van der Waals surface area contributed by atoms with E-state index in [9.17, 15) is 0 Å². The molecule has 0 radical (unpaired) electrons. The highest BCUT2D eigenvalue weighted by Crippen LogP contribution is 2.37. The smallest absolute Gasteiger partial charge is 0.124 e. The molecule has 2 aromatic heterocycles. The molecule has 1 N–H and O–H groups in total. The molecule has 4 heteroatoms. The number of nitrogens with zero attached hydrogens (tertiary/aromatic N) is 1. The van der Waals surface area contributed by atoms with Crippen LogP contribution in [0.15, 0.2) is 48.5 Å². The molecule has 0 saturated heterocycles. The van der Waals surface area contributed by atoms with E-state index in [4.69, 9.17) is 16.7 Å². The van der Waals surface area contributed by atoms with Crippen molar-refractivity contribution in [3.63, 3.8) is 0 Å². The van der Waals surface area contributed by atoms with Crippen LogP contribution in [0.1, 0.15) is 11.3 Å².